The summed E-state index contributed by atoms with van der Waals surface area (Å²) < 4.78 is 0. The molecule has 162 valence electrons. The molecule has 1 unspecified atom stereocenters. The molecule has 4 heteroatoms. The fraction of sp³-hybridized carbons (Fsp3) is 0.957. The average molecular weight is 387 g/mol. The quantitative estimate of drug-likeness (QED) is 0.126. The first-order valence-corrected chi connectivity index (χ1v) is 11.7. The highest BCUT2D eigenvalue weighted by atomic mass is 17.1. The summed E-state index contributed by atoms with van der Waals surface area (Å²) in [5, 5.41) is 16.9. The second kappa shape index (κ2) is 21.7. The predicted molar refractivity (Wildman–Crippen MR) is 113 cm³/mol. The Kier molecular flexibility index (Phi) is 21.2. The number of rotatable bonds is 21. The third kappa shape index (κ3) is 21.5. The Bertz CT molecular complexity index is 307. The lowest BCUT2D eigenvalue weighted by molar-refractivity contribution is -0.234. The van der Waals surface area contributed by atoms with Crippen LogP contribution in [0.5, 0.6) is 0 Å². The molecule has 0 saturated heterocycles. The van der Waals surface area contributed by atoms with E-state index in [2.05, 4.69) is 11.8 Å². The molecule has 0 heterocycles. The number of hydrogen-bond acceptors (Lipinski definition) is 4. The third-order valence-electron chi connectivity index (χ3n) is 5.53. The summed E-state index contributed by atoms with van der Waals surface area (Å²) in [4.78, 5) is 14.4. The molecule has 27 heavy (non-hydrogen) atoms. The minimum atomic E-state index is -0.516. The fourth-order valence-corrected chi connectivity index (χ4v) is 3.68. The van der Waals surface area contributed by atoms with Gasteiger partial charge in [0.1, 0.15) is 0 Å². The molecule has 0 saturated carbocycles. The number of hydrogen-bond donors (Lipinski definition) is 2. The number of carbonyl (C=O) groups excluding carboxylic acids is 1. The van der Waals surface area contributed by atoms with Crippen LogP contribution in [0.2, 0.25) is 0 Å². The minimum absolute atomic E-state index is 0.330. The van der Waals surface area contributed by atoms with E-state index < -0.39 is 5.97 Å². The Balaban J connectivity index is 3.16. The predicted octanol–water partition coefficient (Wildman–Crippen LogP) is 7.04. The number of unbranched alkanes of at least 4 members (excludes halogenated alkanes) is 14. The molecule has 0 rings (SSSR count). The van der Waals surface area contributed by atoms with Gasteiger partial charge in [0.05, 0.1) is 0 Å². The van der Waals surface area contributed by atoms with Crippen LogP contribution in [-0.2, 0) is 9.68 Å². The van der Waals surface area contributed by atoms with Gasteiger partial charge in [-0.1, -0.05) is 110 Å². The van der Waals surface area contributed by atoms with E-state index in [0.29, 0.717) is 13.0 Å². The van der Waals surface area contributed by atoms with Gasteiger partial charge in [0.2, 0.25) is 0 Å². The second-order valence-electron chi connectivity index (χ2n) is 8.28. The van der Waals surface area contributed by atoms with Gasteiger partial charge in [-0.2, -0.15) is 5.26 Å². The molecule has 0 aromatic heterocycles. The zero-order valence-electron chi connectivity index (χ0n) is 17.9. The lowest BCUT2D eigenvalue weighted by Gasteiger charge is -2.11. The van der Waals surface area contributed by atoms with Gasteiger partial charge in [-0.15, -0.1) is 0 Å². The van der Waals surface area contributed by atoms with Crippen molar-refractivity contribution in [3.05, 3.63) is 0 Å². The Morgan fingerprint density at radius 2 is 1.04 bits per heavy atom. The number of carbonyl (C=O) groups is 1. The molecular formula is C23H46O4. The van der Waals surface area contributed by atoms with Crippen LogP contribution in [0.15, 0.2) is 0 Å². The summed E-state index contributed by atoms with van der Waals surface area (Å²) in [5.74, 6) is 0.302. The molecule has 4 nitrogen and oxygen atoms in total. The summed E-state index contributed by atoms with van der Waals surface area (Å²) in [6, 6.07) is 0. The maximum Gasteiger partial charge on any atom is 0.342 e. The second-order valence-corrected chi connectivity index (χ2v) is 8.28. The summed E-state index contributed by atoms with van der Waals surface area (Å²) in [6.45, 7) is 2.72. The van der Waals surface area contributed by atoms with E-state index >= 15 is 0 Å². The highest BCUT2D eigenvalue weighted by Gasteiger charge is 2.04. The van der Waals surface area contributed by atoms with Crippen molar-refractivity contribution in [3.63, 3.8) is 0 Å². The van der Waals surface area contributed by atoms with Crippen LogP contribution in [0.25, 0.3) is 0 Å². The highest BCUT2D eigenvalue weighted by Crippen LogP contribution is 2.18. The van der Waals surface area contributed by atoms with Crippen LogP contribution in [0.4, 0.5) is 0 Å². The van der Waals surface area contributed by atoms with Gasteiger partial charge in [0, 0.05) is 13.0 Å². The zero-order valence-corrected chi connectivity index (χ0v) is 17.9. The van der Waals surface area contributed by atoms with Crippen LogP contribution in [0.3, 0.4) is 0 Å². The van der Waals surface area contributed by atoms with Crippen molar-refractivity contribution in [2.75, 3.05) is 6.61 Å². The van der Waals surface area contributed by atoms with Crippen molar-refractivity contribution < 1.29 is 20.0 Å². The van der Waals surface area contributed by atoms with E-state index in [-0.39, 0.29) is 0 Å². The van der Waals surface area contributed by atoms with Crippen molar-refractivity contribution >= 4 is 5.97 Å². The lowest BCUT2D eigenvalue weighted by Crippen LogP contribution is -2.00. The number of aliphatic hydroxyl groups is 1. The van der Waals surface area contributed by atoms with E-state index in [9.17, 15) is 4.79 Å². The van der Waals surface area contributed by atoms with Crippen molar-refractivity contribution in [1.82, 2.24) is 0 Å². The molecule has 0 aromatic rings. The van der Waals surface area contributed by atoms with Gasteiger partial charge < -0.3 is 9.99 Å². The maximum atomic E-state index is 10.8. The highest BCUT2D eigenvalue weighted by molar-refractivity contribution is 5.68. The Morgan fingerprint density at radius 1 is 0.667 bits per heavy atom. The summed E-state index contributed by atoms with van der Waals surface area (Å²) in [5.41, 5.74) is 0. The standard InChI is InChI=1S/C23H46O4/c1-22(19-15-11-12-16-20-23(25)27-26)18-14-10-8-6-4-2-3-5-7-9-13-17-21-24/h22,24,26H,2-21H2,1H3. The average Bonchev–Trinajstić information content (AvgIpc) is 2.67. The lowest BCUT2D eigenvalue weighted by atomic mass is 9.96. The monoisotopic (exact) mass is 386 g/mol. The molecule has 0 aliphatic carbocycles. The van der Waals surface area contributed by atoms with Crippen LogP contribution < -0.4 is 0 Å². The summed E-state index contributed by atoms with van der Waals surface area (Å²) >= 11 is 0. The van der Waals surface area contributed by atoms with Gasteiger partial charge in [-0.25, -0.2) is 4.79 Å². The SMILES string of the molecule is CC(CCCCCCCCCCCCCCO)CCCCCCC(=O)OO. The van der Waals surface area contributed by atoms with E-state index in [1.54, 1.807) is 0 Å². The van der Waals surface area contributed by atoms with Crippen LogP contribution in [-0.4, -0.2) is 22.9 Å². The van der Waals surface area contributed by atoms with Gasteiger partial charge in [0.15, 0.2) is 0 Å². The van der Waals surface area contributed by atoms with E-state index in [1.807, 2.05) is 0 Å². The van der Waals surface area contributed by atoms with Crippen molar-refractivity contribution in [3.8, 4) is 0 Å². The molecular weight excluding hydrogens is 340 g/mol. The largest absolute Gasteiger partial charge is 0.396 e. The summed E-state index contributed by atoms with van der Waals surface area (Å²) in [7, 11) is 0. The first-order valence-electron chi connectivity index (χ1n) is 11.7. The topological polar surface area (TPSA) is 66.8 Å². The smallest absolute Gasteiger partial charge is 0.342 e. The van der Waals surface area contributed by atoms with Crippen molar-refractivity contribution in [2.45, 2.75) is 129 Å². The van der Waals surface area contributed by atoms with Crippen molar-refractivity contribution in [2.24, 2.45) is 5.92 Å². The molecule has 0 bridgehead atoms. The molecule has 0 radical (unpaired) electrons. The molecule has 0 aliphatic rings. The van der Waals surface area contributed by atoms with E-state index in [0.717, 1.165) is 25.2 Å². The van der Waals surface area contributed by atoms with Crippen LogP contribution in [0.1, 0.15) is 129 Å². The Morgan fingerprint density at radius 3 is 1.44 bits per heavy atom. The molecule has 0 amide bonds. The normalized spacial score (nSPS) is 12.3. The fourth-order valence-electron chi connectivity index (χ4n) is 3.68. The van der Waals surface area contributed by atoms with Crippen LogP contribution in [0, 0.1) is 5.92 Å². The molecule has 2 N–H and O–H groups in total. The van der Waals surface area contributed by atoms with Crippen LogP contribution >= 0.6 is 0 Å². The molecule has 0 fully saturated rings. The molecule has 0 aromatic carbocycles. The maximum absolute atomic E-state index is 10.8. The molecule has 0 spiro atoms. The molecule has 0 aliphatic heterocycles. The van der Waals surface area contributed by atoms with E-state index in [1.165, 1.54) is 96.3 Å². The third-order valence-corrected chi connectivity index (χ3v) is 5.53. The minimum Gasteiger partial charge on any atom is -0.396 e. The van der Waals surface area contributed by atoms with E-state index in [4.69, 9.17) is 10.4 Å². The zero-order chi connectivity index (χ0) is 20.0. The molecule has 1 atom stereocenters. The first kappa shape index (κ1) is 26.4. The van der Waals surface area contributed by atoms with Gasteiger partial charge in [-0.3, -0.25) is 0 Å². The van der Waals surface area contributed by atoms with Crippen molar-refractivity contribution in [1.29, 1.82) is 0 Å². The summed E-state index contributed by atoms with van der Waals surface area (Å²) in [6.07, 6.45) is 23.1. The van der Waals surface area contributed by atoms with Gasteiger partial charge >= 0.3 is 5.97 Å². The first-order chi connectivity index (χ1) is 13.2. The Labute approximate surface area is 168 Å². The van der Waals surface area contributed by atoms with Gasteiger partial charge in [-0.05, 0) is 18.8 Å². The van der Waals surface area contributed by atoms with Gasteiger partial charge in [0.25, 0.3) is 0 Å². The number of aliphatic hydroxyl groups excluding tert-OH is 1. The Hall–Kier alpha value is -0.610.